The van der Waals surface area contributed by atoms with Gasteiger partial charge in [-0.3, -0.25) is 0 Å². The molecule has 1 aromatic rings. The van der Waals surface area contributed by atoms with Gasteiger partial charge in [0.25, 0.3) is 0 Å². The highest BCUT2D eigenvalue weighted by Crippen LogP contribution is 2.20. The predicted molar refractivity (Wildman–Crippen MR) is 81.7 cm³/mol. The lowest BCUT2D eigenvalue weighted by atomic mass is 10.1. The van der Waals surface area contributed by atoms with Gasteiger partial charge >= 0.3 is 0 Å². The lowest BCUT2D eigenvalue weighted by Gasteiger charge is -2.22. The van der Waals surface area contributed by atoms with Crippen LogP contribution in [0, 0.1) is 6.92 Å². The van der Waals surface area contributed by atoms with Crippen LogP contribution >= 0.6 is 0 Å². The molecule has 0 aliphatic heterocycles. The second kappa shape index (κ2) is 7.40. The van der Waals surface area contributed by atoms with Gasteiger partial charge in [-0.1, -0.05) is 6.92 Å². The van der Waals surface area contributed by atoms with Crippen LogP contribution in [0.2, 0.25) is 0 Å². The molecule has 1 heterocycles. The molecule has 0 aliphatic carbocycles. The number of sulfonamides is 1. The molecule has 6 nitrogen and oxygen atoms in total. The molecule has 0 atom stereocenters. The summed E-state index contributed by atoms with van der Waals surface area (Å²) in [6, 6.07) is 1.57. The largest absolute Gasteiger partial charge is 0.464 e. The zero-order valence-electron chi connectivity index (χ0n) is 13.4. The Hall–Kier alpha value is -0.890. The SMILES string of the molecule is CCCNCc1cc(S(=O)(=O)NCC(C)(C)OC)c(C)o1. The van der Waals surface area contributed by atoms with Crippen molar-refractivity contribution in [3.8, 4) is 0 Å². The van der Waals surface area contributed by atoms with Crippen molar-refractivity contribution in [2.45, 2.75) is 51.2 Å². The summed E-state index contributed by atoms with van der Waals surface area (Å²) in [7, 11) is -2.05. The average Bonchev–Trinajstić information content (AvgIpc) is 2.79. The van der Waals surface area contributed by atoms with Crippen LogP contribution < -0.4 is 10.0 Å². The number of aryl methyl sites for hydroxylation is 1. The van der Waals surface area contributed by atoms with Crippen LogP contribution in [0.15, 0.2) is 15.4 Å². The van der Waals surface area contributed by atoms with Crippen molar-refractivity contribution in [3.63, 3.8) is 0 Å². The predicted octanol–water partition coefficient (Wildman–Crippen LogP) is 1.79. The Morgan fingerprint density at radius 2 is 2.05 bits per heavy atom. The summed E-state index contributed by atoms with van der Waals surface area (Å²) in [5.41, 5.74) is -0.559. The molecule has 0 radical (unpaired) electrons. The summed E-state index contributed by atoms with van der Waals surface area (Å²) in [6.07, 6.45) is 1.01. The third-order valence-electron chi connectivity index (χ3n) is 3.18. The summed E-state index contributed by atoms with van der Waals surface area (Å²) < 4.78 is 37.9. The van der Waals surface area contributed by atoms with E-state index in [1.807, 2.05) is 13.8 Å². The van der Waals surface area contributed by atoms with Crippen LogP contribution in [-0.2, 0) is 21.3 Å². The van der Waals surface area contributed by atoms with E-state index in [-0.39, 0.29) is 11.4 Å². The first-order chi connectivity index (χ1) is 9.72. The topological polar surface area (TPSA) is 80.6 Å². The van der Waals surface area contributed by atoms with Crippen molar-refractivity contribution in [1.29, 1.82) is 0 Å². The van der Waals surface area contributed by atoms with E-state index >= 15 is 0 Å². The maximum Gasteiger partial charge on any atom is 0.244 e. The highest BCUT2D eigenvalue weighted by molar-refractivity contribution is 7.89. The minimum Gasteiger partial charge on any atom is -0.464 e. The zero-order chi connectivity index (χ0) is 16.1. The number of rotatable bonds is 9. The van der Waals surface area contributed by atoms with Gasteiger partial charge in [0.15, 0.2) is 0 Å². The van der Waals surface area contributed by atoms with Crippen molar-refractivity contribution in [2.24, 2.45) is 0 Å². The summed E-state index contributed by atoms with van der Waals surface area (Å²) >= 11 is 0. The highest BCUT2D eigenvalue weighted by atomic mass is 32.2. The Kier molecular flexibility index (Phi) is 6.40. The van der Waals surface area contributed by atoms with E-state index in [9.17, 15) is 8.42 Å². The van der Waals surface area contributed by atoms with Crippen LogP contribution in [0.4, 0.5) is 0 Å². The molecule has 2 N–H and O–H groups in total. The van der Waals surface area contributed by atoms with Gasteiger partial charge in [-0.2, -0.15) is 0 Å². The molecule has 0 spiro atoms. The fraction of sp³-hybridized carbons (Fsp3) is 0.714. The Bertz CT molecular complexity index is 549. The number of hydrogen-bond acceptors (Lipinski definition) is 5. The fourth-order valence-electron chi connectivity index (χ4n) is 1.69. The molecule has 0 saturated carbocycles. The molecule has 7 heteroatoms. The van der Waals surface area contributed by atoms with Gasteiger partial charge in [0, 0.05) is 19.7 Å². The molecule has 0 bridgehead atoms. The van der Waals surface area contributed by atoms with E-state index in [0.29, 0.717) is 18.1 Å². The quantitative estimate of drug-likeness (QED) is 0.679. The second-order valence-electron chi connectivity index (χ2n) is 5.60. The van der Waals surface area contributed by atoms with E-state index in [1.54, 1.807) is 20.1 Å². The maximum atomic E-state index is 12.3. The second-order valence-corrected chi connectivity index (χ2v) is 7.33. The number of hydrogen-bond donors (Lipinski definition) is 2. The minimum absolute atomic E-state index is 0.183. The number of methoxy groups -OCH3 is 1. The Morgan fingerprint density at radius 3 is 2.62 bits per heavy atom. The molecule has 0 amide bonds. The monoisotopic (exact) mass is 318 g/mol. The molecular formula is C14H26N2O4S. The van der Waals surface area contributed by atoms with E-state index < -0.39 is 15.6 Å². The molecule has 0 unspecified atom stereocenters. The molecular weight excluding hydrogens is 292 g/mol. The molecule has 0 aromatic carbocycles. The van der Waals surface area contributed by atoms with Gasteiger partial charge < -0.3 is 14.5 Å². The minimum atomic E-state index is -3.60. The van der Waals surface area contributed by atoms with E-state index in [2.05, 4.69) is 17.0 Å². The normalized spacial score (nSPS) is 12.8. The Balaban J connectivity index is 2.79. The summed E-state index contributed by atoms with van der Waals surface area (Å²) in [6.45, 7) is 8.93. The average molecular weight is 318 g/mol. The van der Waals surface area contributed by atoms with Crippen molar-refractivity contribution >= 4 is 10.0 Å². The third-order valence-corrected chi connectivity index (χ3v) is 4.69. The van der Waals surface area contributed by atoms with Gasteiger partial charge in [-0.15, -0.1) is 0 Å². The molecule has 122 valence electrons. The van der Waals surface area contributed by atoms with Crippen molar-refractivity contribution in [1.82, 2.24) is 10.0 Å². The van der Waals surface area contributed by atoms with Crippen LogP contribution in [0.1, 0.15) is 38.7 Å². The highest BCUT2D eigenvalue weighted by Gasteiger charge is 2.25. The molecule has 0 fully saturated rings. The first kappa shape index (κ1) is 18.2. The molecule has 0 aliphatic rings. The molecule has 1 rings (SSSR count). The van der Waals surface area contributed by atoms with E-state index in [0.717, 1.165) is 13.0 Å². The molecule has 21 heavy (non-hydrogen) atoms. The third kappa shape index (κ3) is 5.43. The maximum absolute atomic E-state index is 12.3. The van der Waals surface area contributed by atoms with Crippen LogP contribution in [-0.4, -0.2) is 34.2 Å². The first-order valence-corrected chi connectivity index (χ1v) is 8.55. The van der Waals surface area contributed by atoms with Gasteiger partial charge in [0.1, 0.15) is 16.4 Å². The first-order valence-electron chi connectivity index (χ1n) is 7.06. The molecule has 1 aromatic heterocycles. The van der Waals surface area contributed by atoms with Gasteiger partial charge in [-0.05, 0) is 33.7 Å². The van der Waals surface area contributed by atoms with E-state index in [4.69, 9.17) is 9.15 Å². The number of nitrogens with one attached hydrogen (secondary N) is 2. The summed E-state index contributed by atoms with van der Waals surface area (Å²) in [5.74, 6) is 1.01. The van der Waals surface area contributed by atoms with Crippen LogP contribution in [0.5, 0.6) is 0 Å². The summed E-state index contributed by atoms with van der Waals surface area (Å²) in [4.78, 5) is 0.183. The van der Waals surface area contributed by atoms with Crippen molar-refractivity contribution < 1.29 is 17.6 Å². The lowest BCUT2D eigenvalue weighted by molar-refractivity contribution is 0.0276. The lowest BCUT2D eigenvalue weighted by Crippen LogP contribution is -2.39. The fourth-order valence-corrected chi connectivity index (χ4v) is 3.09. The van der Waals surface area contributed by atoms with Crippen molar-refractivity contribution in [2.75, 3.05) is 20.2 Å². The Morgan fingerprint density at radius 1 is 1.38 bits per heavy atom. The van der Waals surface area contributed by atoms with Gasteiger partial charge in [0.2, 0.25) is 10.0 Å². The summed E-state index contributed by atoms with van der Waals surface area (Å²) in [5, 5.41) is 3.18. The van der Waals surface area contributed by atoms with Gasteiger partial charge in [-0.25, -0.2) is 13.1 Å². The number of ether oxygens (including phenoxy) is 1. The smallest absolute Gasteiger partial charge is 0.244 e. The van der Waals surface area contributed by atoms with Crippen molar-refractivity contribution in [3.05, 3.63) is 17.6 Å². The number of furan rings is 1. The molecule has 0 saturated heterocycles. The van der Waals surface area contributed by atoms with Crippen LogP contribution in [0.3, 0.4) is 0 Å². The Labute approximate surface area is 127 Å². The van der Waals surface area contributed by atoms with Crippen LogP contribution in [0.25, 0.3) is 0 Å². The van der Waals surface area contributed by atoms with Gasteiger partial charge in [0.05, 0.1) is 12.1 Å². The van der Waals surface area contributed by atoms with E-state index in [1.165, 1.54) is 0 Å². The standard InChI is InChI=1S/C14H26N2O4S/c1-6-7-15-9-12-8-13(11(2)20-12)21(17,18)16-10-14(3,4)19-5/h8,15-16H,6-7,9-10H2,1-5H3. The zero-order valence-corrected chi connectivity index (χ0v) is 14.3.